The monoisotopic (exact) mass is 283 g/mol. The number of furan rings is 1. The van der Waals surface area contributed by atoms with Gasteiger partial charge in [0.2, 0.25) is 5.78 Å². The van der Waals surface area contributed by atoms with Crippen LogP contribution in [0.2, 0.25) is 0 Å². The molecule has 0 unspecified atom stereocenters. The van der Waals surface area contributed by atoms with Crippen molar-refractivity contribution in [1.82, 2.24) is 0 Å². The number of carbonyl (C=O) groups is 1. The van der Waals surface area contributed by atoms with Crippen LogP contribution in [0.5, 0.6) is 0 Å². The number of hydrogen-bond donors (Lipinski definition) is 0. The number of nitrogens with zero attached hydrogens (tertiary/aromatic N) is 1. The van der Waals surface area contributed by atoms with E-state index in [1.54, 1.807) is 18.2 Å². The third kappa shape index (κ3) is 3.85. The second kappa shape index (κ2) is 6.93. The highest BCUT2D eigenvalue weighted by molar-refractivity contribution is 6.04. The fraction of sp³-hybridized carbons (Fsp3) is 0.278. The minimum atomic E-state index is -0.115. The van der Waals surface area contributed by atoms with E-state index in [0.29, 0.717) is 5.76 Å². The zero-order chi connectivity index (χ0) is 15.2. The average Bonchev–Trinajstić information content (AvgIpc) is 2.94. The Labute approximate surface area is 125 Å². The van der Waals surface area contributed by atoms with E-state index in [-0.39, 0.29) is 5.78 Å². The molecule has 110 valence electrons. The highest BCUT2D eigenvalue weighted by Gasteiger charge is 2.06. The Hall–Kier alpha value is -2.29. The molecule has 1 aromatic heterocycles. The summed E-state index contributed by atoms with van der Waals surface area (Å²) in [5.74, 6) is 1.01. The molecule has 0 saturated carbocycles. The van der Waals surface area contributed by atoms with Crippen molar-refractivity contribution in [1.29, 1.82) is 0 Å². The molecule has 21 heavy (non-hydrogen) atoms. The minimum Gasteiger partial charge on any atom is -0.458 e. The predicted octanol–water partition coefficient (Wildman–Crippen LogP) is 4.33. The number of anilines is 1. The van der Waals surface area contributed by atoms with Crippen LogP contribution in [0.1, 0.15) is 35.7 Å². The molecule has 0 aliphatic rings. The SMILES string of the molecule is CCN(CC)c1ccc(C=CC(=O)c2ccc(C)o2)cc1. The van der Waals surface area contributed by atoms with Crippen LogP contribution < -0.4 is 4.90 Å². The van der Waals surface area contributed by atoms with E-state index in [1.807, 2.05) is 25.1 Å². The van der Waals surface area contributed by atoms with Gasteiger partial charge in [-0.15, -0.1) is 0 Å². The van der Waals surface area contributed by atoms with Gasteiger partial charge in [0.15, 0.2) is 5.76 Å². The first-order chi connectivity index (χ1) is 10.1. The van der Waals surface area contributed by atoms with Crippen molar-refractivity contribution in [2.45, 2.75) is 20.8 Å². The van der Waals surface area contributed by atoms with Crippen LogP contribution in [0.3, 0.4) is 0 Å². The number of benzene rings is 1. The molecule has 0 fully saturated rings. The predicted molar refractivity (Wildman–Crippen MR) is 86.8 cm³/mol. The van der Waals surface area contributed by atoms with E-state index in [1.165, 1.54) is 5.69 Å². The van der Waals surface area contributed by atoms with Gasteiger partial charge in [0.1, 0.15) is 5.76 Å². The molecular formula is C18H21NO2. The van der Waals surface area contributed by atoms with Crippen molar-refractivity contribution in [2.75, 3.05) is 18.0 Å². The van der Waals surface area contributed by atoms with Crippen molar-refractivity contribution >= 4 is 17.5 Å². The first-order valence-electron chi connectivity index (χ1n) is 7.28. The molecule has 1 heterocycles. The second-order valence-electron chi connectivity index (χ2n) is 4.87. The largest absolute Gasteiger partial charge is 0.458 e. The molecule has 0 aliphatic carbocycles. The van der Waals surface area contributed by atoms with Crippen LogP contribution >= 0.6 is 0 Å². The van der Waals surface area contributed by atoms with E-state index >= 15 is 0 Å². The van der Waals surface area contributed by atoms with Crippen molar-refractivity contribution in [3.63, 3.8) is 0 Å². The molecule has 0 bridgehead atoms. The van der Waals surface area contributed by atoms with E-state index in [2.05, 4.69) is 30.9 Å². The lowest BCUT2D eigenvalue weighted by Crippen LogP contribution is -2.21. The normalized spacial score (nSPS) is 11.0. The minimum absolute atomic E-state index is 0.115. The Bertz CT molecular complexity index is 619. The number of carbonyl (C=O) groups excluding carboxylic acids is 1. The number of aryl methyl sites for hydroxylation is 1. The van der Waals surface area contributed by atoms with Crippen molar-refractivity contribution in [2.24, 2.45) is 0 Å². The van der Waals surface area contributed by atoms with E-state index < -0.39 is 0 Å². The molecule has 3 nitrogen and oxygen atoms in total. The van der Waals surface area contributed by atoms with Gasteiger partial charge in [0, 0.05) is 18.8 Å². The van der Waals surface area contributed by atoms with Crippen LogP contribution in [-0.2, 0) is 0 Å². The number of hydrogen-bond acceptors (Lipinski definition) is 3. The summed E-state index contributed by atoms with van der Waals surface area (Å²) < 4.78 is 5.31. The van der Waals surface area contributed by atoms with Crippen LogP contribution in [0.25, 0.3) is 6.08 Å². The molecule has 0 atom stereocenters. The Morgan fingerprint density at radius 3 is 2.29 bits per heavy atom. The van der Waals surface area contributed by atoms with Gasteiger partial charge in [-0.3, -0.25) is 4.79 Å². The van der Waals surface area contributed by atoms with Gasteiger partial charge < -0.3 is 9.32 Å². The number of allylic oxidation sites excluding steroid dienone is 1. The molecule has 2 aromatic rings. The summed E-state index contributed by atoms with van der Waals surface area (Å²) in [7, 11) is 0. The van der Waals surface area contributed by atoms with Crippen molar-refractivity contribution < 1.29 is 9.21 Å². The molecule has 0 saturated heterocycles. The summed E-state index contributed by atoms with van der Waals surface area (Å²) >= 11 is 0. The molecule has 0 amide bonds. The summed E-state index contributed by atoms with van der Waals surface area (Å²) in [6.45, 7) is 8.08. The lowest BCUT2D eigenvalue weighted by Gasteiger charge is -2.20. The summed E-state index contributed by atoms with van der Waals surface area (Å²) in [5.41, 5.74) is 2.20. The van der Waals surface area contributed by atoms with E-state index in [4.69, 9.17) is 4.42 Å². The van der Waals surface area contributed by atoms with Gasteiger partial charge in [-0.2, -0.15) is 0 Å². The lowest BCUT2D eigenvalue weighted by atomic mass is 10.1. The fourth-order valence-electron chi connectivity index (χ4n) is 2.21. The highest BCUT2D eigenvalue weighted by Crippen LogP contribution is 2.16. The molecule has 0 aliphatic heterocycles. The average molecular weight is 283 g/mol. The first kappa shape index (κ1) is 15.1. The number of rotatable bonds is 6. The smallest absolute Gasteiger partial charge is 0.221 e. The molecular weight excluding hydrogens is 262 g/mol. The molecule has 3 heteroatoms. The highest BCUT2D eigenvalue weighted by atomic mass is 16.3. The second-order valence-corrected chi connectivity index (χ2v) is 4.87. The third-order valence-corrected chi connectivity index (χ3v) is 3.43. The summed E-state index contributed by atoms with van der Waals surface area (Å²) in [4.78, 5) is 14.2. The Morgan fingerprint density at radius 2 is 1.76 bits per heavy atom. The molecule has 2 rings (SSSR count). The van der Waals surface area contributed by atoms with Gasteiger partial charge in [0.05, 0.1) is 0 Å². The molecule has 0 spiro atoms. The maximum Gasteiger partial charge on any atom is 0.221 e. The Kier molecular flexibility index (Phi) is 4.99. The Balaban J connectivity index is 2.06. The molecule has 0 radical (unpaired) electrons. The van der Waals surface area contributed by atoms with Gasteiger partial charge in [-0.05, 0) is 56.7 Å². The van der Waals surface area contributed by atoms with Crippen LogP contribution in [0.4, 0.5) is 5.69 Å². The lowest BCUT2D eigenvalue weighted by molar-refractivity contribution is 0.102. The van der Waals surface area contributed by atoms with Crippen molar-refractivity contribution in [3.8, 4) is 0 Å². The third-order valence-electron chi connectivity index (χ3n) is 3.43. The van der Waals surface area contributed by atoms with Gasteiger partial charge in [-0.25, -0.2) is 0 Å². The quantitative estimate of drug-likeness (QED) is 0.584. The Morgan fingerprint density at radius 1 is 1.10 bits per heavy atom. The molecule has 0 N–H and O–H groups in total. The van der Waals surface area contributed by atoms with Crippen LogP contribution in [0.15, 0.2) is 46.9 Å². The van der Waals surface area contributed by atoms with Gasteiger partial charge >= 0.3 is 0 Å². The maximum atomic E-state index is 11.9. The van der Waals surface area contributed by atoms with Gasteiger partial charge in [0.25, 0.3) is 0 Å². The first-order valence-corrected chi connectivity index (χ1v) is 7.28. The van der Waals surface area contributed by atoms with E-state index in [9.17, 15) is 4.79 Å². The van der Waals surface area contributed by atoms with Crippen molar-refractivity contribution in [3.05, 3.63) is 59.6 Å². The van der Waals surface area contributed by atoms with Gasteiger partial charge in [-0.1, -0.05) is 18.2 Å². The topological polar surface area (TPSA) is 33.5 Å². The summed E-state index contributed by atoms with van der Waals surface area (Å²) in [6, 6.07) is 11.7. The van der Waals surface area contributed by atoms with E-state index in [0.717, 1.165) is 24.4 Å². The summed E-state index contributed by atoms with van der Waals surface area (Å²) in [6.07, 6.45) is 3.36. The zero-order valence-corrected chi connectivity index (χ0v) is 12.8. The summed E-state index contributed by atoms with van der Waals surface area (Å²) in [5, 5.41) is 0. The van der Waals surface area contributed by atoms with Crippen LogP contribution in [-0.4, -0.2) is 18.9 Å². The van der Waals surface area contributed by atoms with Crippen LogP contribution in [0, 0.1) is 6.92 Å². The molecule has 1 aromatic carbocycles. The number of ketones is 1. The standard InChI is InChI=1S/C18H21NO2/c1-4-19(5-2)16-10-7-15(8-11-16)9-12-17(20)18-13-6-14(3)21-18/h6-13H,4-5H2,1-3H3. The zero-order valence-electron chi connectivity index (χ0n) is 12.8. The fourth-order valence-corrected chi connectivity index (χ4v) is 2.21. The maximum absolute atomic E-state index is 11.9.